The number of amidine groups is 1. The quantitative estimate of drug-likeness (QED) is 0.145. The minimum Gasteiger partial charge on any atom is -0.457 e. The van der Waals surface area contributed by atoms with Crippen molar-refractivity contribution in [2.45, 2.75) is 37.3 Å². The molecule has 0 unspecified atom stereocenters. The standard InChI is InChI=1S/C29H28F5N5O4S/c1-16(23-10-18(13-44-23)25(35)36)38-27(42)22-11-28(31,14-30)15-39(22)24(40)12-37-26(41)17-2-6-20(7-3-17)43-21-8-4-19(5-9-21)29(32,33)34/h2-10,13,16,22H,11-12,14-15H2,1H3,(H3,35,36)(H,37,41)(H,38,42)/t16-,22+,28+/m1/s1. The van der Waals surface area contributed by atoms with Crippen molar-refractivity contribution >= 4 is 34.9 Å². The number of carbonyl (C=O) groups excluding carboxylic acids is 3. The van der Waals surface area contributed by atoms with Gasteiger partial charge in [-0.15, -0.1) is 11.3 Å². The van der Waals surface area contributed by atoms with Gasteiger partial charge >= 0.3 is 6.18 Å². The Kier molecular flexibility index (Phi) is 9.56. The molecule has 1 aliphatic rings. The minimum absolute atomic E-state index is 0.117. The number of rotatable bonds is 10. The molecule has 3 aromatic rings. The summed E-state index contributed by atoms with van der Waals surface area (Å²) in [5.74, 6) is -1.93. The zero-order chi connectivity index (χ0) is 32.2. The zero-order valence-electron chi connectivity index (χ0n) is 23.2. The maximum atomic E-state index is 15.0. The van der Waals surface area contributed by atoms with Crippen LogP contribution in [0, 0.1) is 5.41 Å². The van der Waals surface area contributed by atoms with Crippen LogP contribution < -0.4 is 21.1 Å². The molecular formula is C29H28F5N5O4S. The summed E-state index contributed by atoms with van der Waals surface area (Å²) in [5, 5.41) is 14.2. The fourth-order valence-electron chi connectivity index (χ4n) is 4.51. The monoisotopic (exact) mass is 637 g/mol. The van der Waals surface area contributed by atoms with E-state index in [0.29, 0.717) is 10.4 Å². The molecule has 0 spiro atoms. The van der Waals surface area contributed by atoms with Crippen molar-refractivity contribution in [3.8, 4) is 11.5 Å². The van der Waals surface area contributed by atoms with Gasteiger partial charge in [0, 0.05) is 27.8 Å². The molecule has 234 valence electrons. The molecule has 2 heterocycles. The van der Waals surface area contributed by atoms with Crippen LogP contribution in [0.15, 0.2) is 60.0 Å². The van der Waals surface area contributed by atoms with E-state index in [1.165, 1.54) is 35.6 Å². The Morgan fingerprint density at radius 3 is 2.27 bits per heavy atom. The van der Waals surface area contributed by atoms with E-state index >= 15 is 4.39 Å². The summed E-state index contributed by atoms with van der Waals surface area (Å²) < 4.78 is 72.3. The first-order valence-electron chi connectivity index (χ1n) is 13.2. The molecule has 3 amide bonds. The van der Waals surface area contributed by atoms with E-state index < -0.39 is 73.4 Å². The molecule has 1 saturated heterocycles. The number of carbonyl (C=O) groups is 3. The maximum Gasteiger partial charge on any atom is 0.416 e. The molecule has 9 nitrogen and oxygen atoms in total. The molecule has 5 N–H and O–H groups in total. The molecule has 1 fully saturated rings. The smallest absolute Gasteiger partial charge is 0.416 e. The van der Waals surface area contributed by atoms with Gasteiger partial charge in [-0.2, -0.15) is 13.2 Å². The summed E-state index contributed by atoms with van der Waals surface area (Å²) in [7, 11) is 0. The van der Waals surface area contributed by atoms with Gasteiger partial charge in [-0.05, 0) is 61.5 Å². The molecule has 3 atom stereocenters. The normalized spacial score (nSPS) is 18.9. The zero-order valence-corrected chi connectivity index (χ0v) is 24.0. The van der Waals surface area contributed by atoms with Gasteiger partial charge in [0.25, 0.3) is 5.91 Å². The number of nitrogen functional groups attached to an aromatic ring is 1. The van der Waals surface area contributed by atoms with Crippen molar-refractivity contribution in [3.63, 3.8) is 0 Å². The van der Waals surface area contributed by atoms with Gasteiger partial charge in [0.15, 0.2) is 5.67 Å². The van der Waals surface area contributed by atoms with Crippen LogP contribution in [0.4, 0.5) is 22.0 Å². The summed E-state index contributed by atoms with van der Waals surface area (Å²) in [6.07, 6.45) is -5.05. The molecule has 2 aromatic carbocycles. The predicted octanol–water partition coefficient (Wildman–Crippen LogP) is 4.73. The Balaban J connectivity index is 1.35. The number of nitrogens with two attached hydrogens (primary N) is 1. The van der Waals surface area contributed by atoms with E-state index in [1.54, 1.807) is 18.4 Å². The average molecular weight is 638 g/mol. The molecule has 0 radical (unpaired) electrons. The number of thiophene rings is 1. The minimum atomic E-state index is -4.48. The van der Waals surface area contributed by atoms with E-state index in [4.69, 9.17) is 15.9 Å². The number of hydrogen-bond acceptors (Lipinski definition) is 6. The lowest BCUT2D eigenvalue weighted by Gasteiger charge is -2.25. The lowest BCUT2D eigenvalue weighted by Crippen LogP contribution is -2.49. The lowest BCUT2D eigenvalue weighted by molar-refractivity contribution is -0.138. The fraction of sp³-hybridized carbons (Fsp3) is 0.310. The van der Waals surface area contributed by atoms with E-state index in [9.17, 15) is 31.9 Å². The van der Waals surface area contributed by atoms with Crippen molar-refractivity contribution in [3.05, 3.63) is 81.5 Å². The van der Waals surface area contributed by atoms with Crippen LogP contribution in [0.2, 0.25) is 0 Å². The molecule has 4 rings (SSSR count). The van der Waals surface area contributed by atoms with Crippen LogP contribution >= 0.6 is 11.3 Å². The largest absolute Gasteiger partial charge is 0.457 e. The van der Waals surface area contributed by atoms with E-state index in [0.717, 1.165) is 29.2 Å². The Morgan fingerprint density at radius 1 is 1.11 bits per heavy atom. The number of hydrogen-bond donors (Lipinski definition) is 4. The third-order valence-corrected chi connectivity index (χ3v) is 8.02. The average Bonchev–Trinajstić information content (AvgIpc) is 3.62. The van der Waals surface area contributed by atoms with Gasteiger partial charge in [0.2, 0.25) is 11.8 Å². The molecule has 1 aromatic heterocycles. The van der Waals surface area contributed by atoms with Crippen LogP contribution in [0.5, 0.6) is 11.5 Å². The van der Waals surface area contributed by atoms with Crippen LogP contribution in [0.3, 0.4) is 0 Å². The van der Waals surface area contributed by atoms with Gasteiger partial charge in [-0.3, -0.25) is 19.8 Å². The second kappa shape index (κ2) is 13.0. The van der Waals surface area contributed by atoms with Gasteiger partial charge in [0.1, 0.15) is 30.1 Å². The summed E-state index contributed by atoms with van der Waals surface area (Å²) in [5.41, 5.74) is 2.81. The fourth-order valence-corrected chi connectivity index (χ4v) is 5.43. The van der Waals surface area contributed by atoms with E-state index in [-0.39, 0.29) is 22.9 Å². The molecular weight excluding hydrogens is 609 g/mol. The SMILES string of the molecule is C[C@@H](NC(=O)[C@@H]1C[C@](F)(CF)CN1C(=O)CNC(=O)c1ccc(Oc2ccc(C(F)(F)F)cc2)cc1)c1cc(C(=N)N)cs1. The summed E-state index contributed by atoms with van der Waals surface area (Å²) in [6, 6.07) is 9.34. The molecule has 0 bridgehead atoms. The van der Waals surface area contributed by atoms with Gasteiger partial charge in [0.05, 0.1) is 24.7 Å². The summed E-state index contributed by atoms with van der Waals surface area (Å²) in [6.45, 7) is -1.02. The molecule has 1 aliphatic heterocycles. The van der Waals surface area contributed by atoms with E-state index in [2.05, 4.69) is 10.6 Å². The van der Waals surface area contributed by atoms with Crippen molar-refractivity contribution in [1.82, 2.24) is 15.5 Å². The van der Waals surface area contributed by atoms with Crippen molar-refractivity contribution in [2.75, 3.05) is 19.8 Å². The van der Waals surface area contributed by atoms with Gasteiger partial charge in [-0.1, -0.05) is 0 Å². The first-order chi connectivity index (χ1) is 20.7. The Hall–Kier alpha value is -4.53. The first kappa shape index (κ1) is 32.4. The van der Waals surface area contributed by atoms with Gasteiger partial charge < -0.3 is 26.0 Å². The number of likely N-dealkylation sites (tertiary alicyclic amines) is 1. The molecule has 44 heavy (non-hydrogen) atoms. The Labute approximate surface area is 252 Å². The number of benzene rings is 2. The van der Waals surface area contributed by atoms with Crippen LogP contribution in [-0.2, 0) is 15.8 Å². The highest BCUT2D eigenvalue weighted by atomic mass is 32.1. The number of nitrogens with zero attached hydrogens (tertiary/aromatic N) is 1. The second-order valence-corrected chi connectivity index (χ2v) is 11.2. The van der Waals surface area contributed by atoms with Crippen molar-refractivity contribution in [2.24, 2.45) is 5.73 Å². The number of alkyl halides is 5. The lowest BCUT2D eigenvalue weighted by atomic mass is 10.0. The number of halogens is 5. The summed E-state index contributed by atoms with van der Waals surface area (Å²) in [4.78, 5) is 40.3. The molecule has 0 saturated carbocycles. The molecule has 15 heteroatoms. The predicted molar refractivity (Wildman–Crippen MR) is 152 cm³/mol. The van der Waals surface area contributed by atoms with Gasteiger partial charge in [-0.25, -0.2) is 8.78 Å². The first-order valence-corrected chi connectivity index (χ1v) is 14.1. The number of amides is 3. The highest BCUT2D eigenvalue weighted by Gasteiger charge is 2.49. The maximum absolute atomic E-state index is 15.0. The van der Waals surface area contributed by atoms with Crippen molar-refractivity contribution in [1.29, 1.82) is 5.41 Å². The van der Waals surface area contributed by atoms with E-state index in [1.807, 2.05) is 0 Å². The van der Waals surface area contributed by atoms with Crippen LogP contribution in [0.1, 0.15) is 45.7 Å². The Bertz CT molecular complexity index is 1530. The van der Waals surface area contributed by atoms with Crippen LogP contribution in [0.25, 0.3) is 0 Å². The Morgan fingerprint density at radius 2 is 1.73 bits per heavy atom. The third-order valence-electron chi connectivity index (χ3n) is 6.90. The molecule has 0 aliphatic carbocycles. The van der Waals surface area contributed by atoms with Crippen molar-refractivity contribution < 1.29 is 41.1 Å². The highest BCUT2D eigenvalue weighted by molar-refractivity contribution is 7.10. The number of ether oxygens (including phenoxy) is 1. The van der Waals surface area contributed by atoms with Crippen LogP contribution in [-0.4, -0.2) is 59.9 Å². The summed E-state index contributed by atoms with van der Waals surface area (Å²) >= 11 is 1.25. The third kappa shape index (κ3) is 7.70. The highest BCUT2D eigenvalue weighted by Crippen LogP contribution is 2.33. The second-order valence-electron chi connectivity index (χ2n) is 10.2. The number of nitrogens with one attached hydrogen (secondary N) is 3. The topological polar surface area (TPSA) is 138 Å².